The van der Waals surface area contributed by atoms with Gasteiger partial charge >= 0.3 is 13.2 Å². The lowest BCUT2D eigenvalue weighted by atomic mass is 10.0. The lowest BCUT2D eigenvalue weighted by Gasteiger charge is -2.27. The van der Waals surface area contributed by atoms with Gasteiger partial charge in [0.1, 0.15) is 11.2 Å². The molecule has 0 spiro atoms. The van der Waals surface area contributed by atoms with Gasteiger partial charge in [0.25, 0.3) is 0 Å². The summed E-state index contributed by atoms with van der Waals surface area (Å²) in [5.74, 6) is 0. The van der Waals surface area contributed by atoms with E-state index in [2.05, 4.69) is 13.8 Å². The molecular formula is C28H37O5P. The summed E-state index contributed by atoms with van der Waals surface area (Å²) in [4.78, 5) is 13.1. The molecule has 1 atom stereocenters. The van der Waals surface area contributed by atoms with Crippen LogP contribution in [0.3, 0.4) is 0 Å². The molecule has 2 aromatic carbocycles. The Morgan fingerprint density at radius 3 is 2.00 bits per heavy atom. The first-order valence-corrected chi connectivity index (χ1v) is 14.2. The summed E-state index contributed by atoms with van der Waals surface area (Å²) in [5, 5.41) is 0.774. The fourth-order valence-electron chi connectivity index (χ4n) is 4.06. The molecule has 0 aliphatic heterocycles. The molecule has 0 fully saturated rings. The number of rotatable bonds is 15. The van der Waals surface area contributed by atoms with E-state index >= 15 is 0 Å². The molecule has 3 rings (SSSR count). The van der Waals surface area contributed by atoms with Crippen LogP contribution in [0.1, 0.15) is 82.0 Å². The van der Waals surface area contributed by atoms with Crippen LogP contribution in [0.25, 0.3) is 11.0 Å². The van der Waals surface area contributed by atoms with Crippen molar-refractivity contribution in [1.82, 2.24) is 0 Å². The summed E-state index contributed by atoms with van der Waals surface area (Å²) in [7, 11) is -3.74. The van der Waals surface area contributed by atoms with Crippen molar-refractivity contribution < 1.29 is 18.0 Å². The van der Waals surface area contributed by atoms with Crippen molar-refractivity contribution in [3.05, 3.63) is 82.2 Å². The lowest BCUT2D eigenvalue weighted by molar-refractivity contribution is 0.193. The van der Waals surface area contributed by atoms with E-state index in [0.29, 0.717) is 24.4 Å². The van der Waals surface area contributed by atoms with Crippen molar-refractivity contribution in [2.75, 3.05) is 13.2 Å². The van der Waals surface area contributed by atoms with Gasteiger partial charge in [0.05, 0.1) is 18.8 Å². The van der Waals surface area contributed by atoms with Crippen LogP contribution >= 0.6 is 7.60 Å². The molecular weight excluding hydrogens is 447 g/mol. The van der Waals surface area contributed by atoms with Crippen molar-refractivity contribution in [1.29, 1.82) is 0 Å². The van der Waals surface area contributed by atoms with E-state index in [-0.39, 0.29) is 0 Å². The third-order valence-electron chi connectivity index (χ3n) is 5.93. The van der Waals surface area contributed by atoms with Gasteiger partial charge in [-0.3, -0.25) is 4.57 Å². The Morgan fingerprint density at radius 2 is 1.38 bits per heavy atom. The van der Waals surface area contributed by atoms with Crippen molar-refractivity contribution in [2.45, 2.75) is 70.9 Å². The van der Waals surface area contributed by atoms with Crippen LogP contribution < -0.4 is 5.63 Å². The van der Waals surface area contributed by atoms with Crippen molar-refractivity contribution in [2.24, 2.45) is 0 Å². The maximum Gasteiger partial charge on any atom is 0.342 e. The lowest BCUT2D eigenvalue weighted by Crippen LogP contribution is -2.17. The minimum absolute atomic E-state index is 0.301. The molecule has 0 saturated carbocycles. The monoisotopic (exact) mass is 484 g/mol. The largest absolute Gasteiger partial charge is 0.422 e. The van der Waals surface area contributed by atoms with E-state index in [1.54, 1.807) is 12.1 Å². The second-order valence-corrected chi connectivity index (χ2v) is 10.8. The van der Waals surface area contributed by atoms with Gasteiger partial charge < -0.3 is 13.5 Å². The third kappa shape index (κ3) is 7.15. The smallest absolute Gasteiger partial charge is 0.342 e. The first-order chi connectivity index (χ1) is 16.6. The standard InChI is InChI=1S/C28H37O5P/c1-3-5-7-14-20-31-34(30,32-21-15-8-6-4-2)27(23-16-10-9-11-17-23)25-22-24-18-12-13-19-26(24)33-28(25)29/h9-13,16-19,22,27H,3-8,14-15,20-21H2,1-2H3. The molecule has 0 N–H and O–H groups in total. The van der Waals surface area contributed by atoms with Gasteiger partial charge in [-0.1, -0.05) is 101 Å². The highest BCUT2D eigenvalue weighted by Crippen LogP contribution is 2.63. The predicted octanol–water partition coefficient (Wildman–Crippen LogP) is 8.27. The van der Waals surface area contributed by atoms with E-state index < -0.39 is 18.9 Å². The quantitative estimate of drug-likeness (QED) is 0.123. The van der Waals surface area contributed by atoms with Crippen molar-refractivity contribution >= 4 is 18.6 Å². The van der Waals surface area contributed by atoms with Crippen LogP contribution in [0.15, 0.2) is 69.9 Å². The summed E-state index contributed by atoms with van der Waals surface area (Å²) < 4.78 is 32.2. The average molecular weight is 485 g/mol. The van der Waals surface area contributed by atoms with E-state index in [0.717, 1.165) is 62.3 Å². The minimum Gasteiger partial charge on any atom is -0.422 e. The SMILES string of the molecule is CCCCCCOP(=O)(OCCCCCC)C(c1ccccc1)c1cc2ccccc2oc1=O. The van der Waals surface area contributed by atoms with Gasteiger partial charge in [0.15, 0.2) is 0 Å². The average Bonchev–Trinajstić information content (AvgIpc) is 2.85. The molecule has 184 valence electrons. The van der Waals surface area contributed by atoms with Crippen LogP contribution in [-0.2, 0) is 13.6 Å². The number of unbranched alkanes of at least 4 members (excludes halogenated alkanes) is 6. The summed E-state index contributed by atoms with van der Waals surface area (Å²) in [5.41, 5.74) is 0.147. The zero-order valence-electron chi connectivity index (χ0n) is 20.4. The first kappa shape index (κ1) is 26.4. The maximum absolute atomic E-state index is 14.4. The van der Waals surface area contributed by atoms with Gasteiger partial charge in [-0.2, -0.15) is 0 Å². The van der Waals surface area contributed by atoms with Crippen LogP contribution in [0, 0.1) is 0 Å². The first-order valence-electron chi connectivity index (χ1n) is 12.6. The number of fused-ring (bicyclic) bond motifs is 1. The Bertz CT molecular complexity index is 1090. The highest BCUT2D eigenvalue weighted by atomic mass is 31.2. The molecule has 0 saturated heterocycles. The molecule has 0 aliphatic carbocycles. The maximum atomic E-state index is 14.4. The minimum atomic E-state index is -3.74. The van der Waals surface area contributed by atoms with Gasteiger partial charge in [-0.25, -0.2) is 4.79 Å². The highest BCUT2D eigenvalue weighted by Gasteiger charge is 2.40. The molecule has 0 radical (unpaired) electrons. The van der Waals surface area contributed by atoms with E-state index in [9.17, 15) is 9.36 Å². The predicted molar refractivity (Wildman–Crippen MR) is 139 cm³/mol. The van der Waals surface area contributed by atoms with Gasteiger partial charge in [0, 0.05) is 5.39 Å². The van der Waals surface area contributed by atoms with Crippen LogP contribution in [0.4, 0.5) is 0 Å². The summed E-state index contributed by atoms with van der Waals surface area (Å²) in [6.07, 6.45) is 8.01. The van der Waals surface area contributed by atoms with Crippen LogP contribution in [-0.4, -0.2) is 13.2 Å². The Kier molecular flexibility index (Phi) is 10.6. The zero-order chi connectivity index (χ0) is 24.2. The zero-order valence-corrected chi connectivity index (χ0v) is 21.3. The molecule has 34 heavy (non-hydrogen) atoms. The number of para-hydroxylation sites is 1. The van der Waals surface area contributed by atoms with E-state index in [4.69, 9.17) is 13.5 Å². The van der Waals surface area contributed by atoms with Crippen molar-refractivity contribution in [3.8, 4) is 0 Å². The number of benzene rings is 2. The molecule has 0 amide bonds. The molecule has 1 aromatic heterocycles. The van der Waals surface area contributed by atoms with E-state index in [1.807, 2.05) is 48.5 Å². The number of hydrogen-bond acceptors (Lipinski definition) is 5. The Labute approximate surface area is 203 Å². The van der Waals surface area contributed by atoms with E-state index in [1.165, 1.54) is 0 Å². The second-order valence-electron chi connectivity index (χ2n) is 8.67. The second kappa shape index (κ2) is 13.6. The Balaban J connectivity index is 2.00. The van der Waals surface area contributed by atoms with Crippen LogP contribution in [0.5, 0.6) is 0 Å². The fraction of sp³-hybridized carbons (Fsp3) is 0.464. The van der Waals surface area contributed by atoms with Gasteiger partial charge in [0.2, 0.25) is 0 Å². The summed E-state index contributed by atoms with van der Waals surface area (Å²) >= 11 is 0. The molecule has 5 nitrogen and oxygen atoms in total. The Hall–Kier alpha value is -2.20. The van der Waals surface area contributed by atoms with Gasteiger partial charge in [-0.15, -0.1) is 0 Å². The molecule has 6 heteroatoms. The highest BCUT2D eigenvalue weighted by molar-refractivity contribution is 7.54. The molecule has 0 aliphatic rings. The fourth-order valence-corrected chi connectivity index (χ4v) is 6.26. The van der Waals surface area contributed by atoms with Crippen LogP contribution in [0.2, 0.25) is 0 Å². The third-order valence-corrected chi connectivity index (χ3v) is 8.23. The molecule has 1 heterocycles. The normalized spacial score (nSPS) is 12.8. The molecule has 3 aromatic rings. The summed E-state index contributed by atoms with van der Waals surface area (Å²) in [6, 6.07) is 18.5. The Morgan fingerprint density at radius 1 is 0.794 bits per heavy atom. The molecule has 0 bridgehead atoms. The van der Waals surface area contributed by atoms with Gasteiger partial charge in [-0.05, 0) is 30.5 Å². The molecule has 1 unspecified atom stereocenters. The van der Waals surface area contributed by atoms with Crippen molar-refractivity contribution in [3.63, 3.8) is 0 Å². The number of hydrogen-bond donors (Lipinski definition) is 0. The summed E-state index contributed by atoms with van der Waals surface area (Å²) in [6.45, 7) is 4.95. The topological polar surface area (TPSA) is 65.7 Å².